The fourth-order valence-corrected chi connectivity index (χ4v) is 1.97. The van der Waals surface area contributed by atoms with Gasteiger partial charge in [0.05, 0.1) is 30.5 Å². The first kappa shape index (κ1) is 14.2. The second-order valence-corrected chi connectivity index (χ2v) is 4.41. The molecular formula is C15H14ClNO3. The van der Waals surface area contributed by atoms with E-state index in [0.717, 1.165) is 0 Å². The first-order chi connectivity index (χ1) is 9.65. The molecule has 0 aromatic heterocycles. The molecule has 2 aromatic rings. The highest BCUT2D eigenvalue weighted by Crippen LogP contribution is 2.29. The van der Waals surface area contributed by atoms with Gasteiger partial charge >= 0.3 is 0 Å². The number of rotatable bonds is 4. The fraction of sp³-hybridized carbons (Fsp3) is 0.133. The van der Waals surface area contributed by atoms with E-state index in [1.165, 1.54) is 7.11 Å². The molecule has 0 saturated heterocycles. The Kier molecular flexibility index (Phi) is 4.48. The Morgan fingerprint density at radius 3 is 2.50 bits per heavy atom. The molecule has 0 aliphatic carbocycles. The molecule has 0 aliphatic heterocycles. The summed E-state index contributed by atoms with van der Waals surface area (Å²) in [5, 5.41) is 3.16. The predicted molar refractivity (Wildman–Crippen MR) is 79.0 cm³/mol. The van der Waals surface area contributed by atoms with Gasteiger partial charge in [0.1, 0.15) is 11.5 Å². The highest BCUT2D eigenvalue weighted by molar-refractivity contribution is 6.34. The van der Waals surface area contributed by atoms with Gasteiger partial charge in [-0.2, -0.15) is 0 Å². The van der Waals surface area contributed by atoms with Gasteiger partial charge in [0, 0.05) is 6.07 Å². The second kappa shape index (κ2) is 6.30. The maximum Gasteiger partial charge on any atom is 0.257 e. The van der Waals surface area contributed by atoms with E-state index in [4.69, 9.17) is 21.1 Å². The Morgan fingerprint density at radius 1 is 1.10 bits per heavy atom. The Balaban J connectivity index is 2.29. The summed E-state index contributed by atoms with van der Waals surface area (Å²) < 4.78 is 10.3. The lowest BCUT2D eigenvalue weighted by Gasteiger charge is -2.12. The van der Waals surface area contributed by atoms with E-state index in [0.29, 0.717) is 27.8 Å². The van der Waals surface area contributed by atoms with Crippen molar-refractivity contribution in [1.29, 1.82) is 0 Å². The van der Waals surface area contributed by atoms with Crippen LogP contribution in [0.15, 0.2) is 42.5 Å². The maximum absolute atomic E-state index is 12.2. The number of benzene rings is 2. The number of hydrogen-bond acceptors (Lipinski definition) is 3. The number of methoxy groups -OCH3 is 2. The van der Waals surface area contributed by atoms with Crippen LogP contribution in [0.3, 0.4) is 0 Å². The van der Waals surface area contributed by atoms with E-state index in [1.54, 1.807) is 49.6 Å². The number of hydrogen-bond donors (Lipinski definition) is 1. The molecule has 1 amide bonds. The summed E-state index contributed by atoms with van der Waals surface area (Å²) in [6, 6.07) is 12.0. The predicted octanol–water partition coefficient (Wildman–Crippen LogP) is 3.61. The Labute approximate surface area is 122 Å². The van der Waals surface area contributed by atoms with Gasteiger partial charge in [0.2, 0.25) is 0 Å². The summed E-state index contributed by atoms with van der Waals surface area (Å²) in [4.78, 5) is 12.2. The molecule has 104 valence electrons. The monoisotopic (exact) mass is 291 g/mol. The second-order valence-electron chi connectivity index (χ2n) is 4.00. The molecular weight excluding hydrogens is 278 g/mol. The SMILES string of the molecule is COc1ccc(OC)c(NC(=O)c2ccccc2Cl)c1. The van der Waals surface area contributed by atoms with E-state index < -0.39 is 0 Å². The molecule has 2 rings (SSSR count). The molecule has 5 heteroatoms. The summed E-state index contributed by atoms with van der Waals surface area (Å²) in [7, 11) is 3.09. The lowest BCUT2D eigenvalue weighted by atomic mass is 10.2. The van der Waals surface area contributed by atoms with Gasteiger partial charge in [-0.1, -0.05) is 23.7 Å². The summed E-state index contributed by atoms with van der Waals surface area (Å²) in [5.41, 5.74) is 0.927. The molecule has 0 saturated carbocycles. The van der Waals surface area contributed by atoms with E-state index in [1.807, 2.05) is 0 Å². The zero-order chi connectivity index (χ0) is 14.5. The molecule has 20 heavy (non-hydrogen) atoms. The standard InChI is InChI=1S/C15H14ClNO3/c1-19-10-7-8-14(20-2)13(9-10)17-15(18)11-5-3-4-6-12(11)16/h3-9H,1-2H3,(H,17,18). The van der Waals surface area contributed by atoms with Gasteiger partial charge in [0.25, 0.3) is 5.91 Å². The number of ether oxygens (including phenoxy) is 2. The van der Waals surface area contributed by atoms with Crippen LogP contribution in [0.1, 0.15) is 10.4 Å². The van der Waals surface area contributed by atoms with Crippen molar-refractivity contribution < 1.29 is 14.3 Å². The fourth-order valence-electron chi connectivity index (χ4n) is 1.75. The zero-order valence-electron chi connectivity index (χ0n) is 11.1. The van der Waals surface area contributed by atoms with Crippen molar-refractivity contribution in [2.24, 2.45) is 0 Å². The Morgan fingerprint density at radius 2 is 1.85 bits per heavy atom. The Bertz CT molecular complexity index is 628. The minimum absolute atomic E-state index is 0.304. The van der Waals surface area contributed by atoms with Gasteiger partial charge in [-0.05, 0) is 24.3 Å². The number of carbonyl (C=O) groups is 1. The number of halogens is 1. The topological polar surface area (TPSA) is 47.6 Å². The van der Waals surface area contributed by atoms with E-state index in [9.17, 15) is 4.79 Å². The number of carbonyl (C=O) groups excluding carboxylic acids is 1. The molecule has 4 nitrogen and oxygen atoms in total. The first-order valence-corrected chi connectivity index (χ1v) is 6.31. The van der Waals surface area contributed by atoms with Crippen LogP contribution in [0, 0.1) is 0 Å². The molecule has 0 heterocycles. The zero-order valence-corrected chi connectivity index (χ0v) is 11.9. The third-order valence-corrected chi connectivity index (χ3v) is 3.10. The maximum atomic E-state index is 12.2. The number of amides is 1. The summed E-state index contributed by atoms with van der Waals surface area (Å²) in [6.45, 7) is 0. The third kappa shape index (κ3) is 3.03. The van der Waals surface area contributed by atoms with Crippen molar-refractivity contribution in [3.8, 4) is 11.5 Å². The highest BCUT2D eigenvalue weighted by atomic mass is 35.5. The van der Waals surface area contributed by atoms with Crippen LogP contribution >= 0.6 is 11.6 Å². The van der Waals surface area contributed by atoms with Gasteiger partial charge in [-0.3, -0.25) is 4.79 Å². The Hall–Kier alpha value is -2.20. The van der Waals surface area contributed by atoms with Crippen molar-refractivity contribution in [3.63, 3.8) is 0 Å². The van der Waals surface area contributed by atoms with E-state index in [-0.39, 0.29) is 5.91 Å². The van der Waals surface area contributed by atoms with Gasteiger partial charge in [0.15, 0.2) is 0 Å². The third-order valence-electron chi connectivity index (χ3n) is 2.77. The van der Waals surface area contributed by atoms with Crippen LogP contribution in [0.25, 0.3) is 0 Å². The van der Waals surface area contributed by atoms with Crippen LogP contribution < -0.4 is 14.8 Å². The lowest BCUT2D eigenvalue weighted by molar-refractivity contribution is 0.102. The molecule has 0 fully saturated rings. The molecule has 0 aliphatic rings. The van der Waals surface area contributed by atoms with Crippen LogP contribution in [0.5, 0.6) is 11.5 Å². The number of anilines is 1. The van der Waals surface area contributed by atoms with Crippen molar-refractivity contribution in [3.05, 3.63) is 53.1 Å². The summed E-state index contributed by atoms with van der Waals surface area (Å²) in [5.74, 6) is 0.869. The van der Waals surface area contributed by atoms with Crippen molar-refractivity contribution in [2.75, 3.05) is 19.5 Å². The van der Waals surface area contributed by atoms with E-state index in [2.05, 4.69) is 5.32 Å². The summed E-state index contributed by atoms with van der Waals surface area (Å²) in [6.07, 6.45) is 0. The number of nitrogens with one attached hydrogen (secondary N) is 1. The minimum atomic E-state index is -0.304. The van der Waals surface area contributed by atoms with Gasteiger partial charge in [-0.15, -0.1) is 0 Å². The van der Waals surface area contributed by atoms with Crippen LogP contribution in [-0.4, -0.2) is 20.1 Å². The molecule has 0 spiro atoms. The van der Waals surface area contributed by atoms with E-state index >= 15 is 0 Å². The van der Waals surface area contributed by atoms with Crippen molar-refractivity contribution in [1.82, 2.24) is 0 Å². The molecule has 2 aromatic carbocycles. The smallest absolute Gasteiger partial charge is 0.257 e. The largest absolute Gasteiger partial charge is 0.497 e. The van der Waals surface area contributed by atoms with Crippen LogP contribution in [0.4, 0.5) is 5.69 Å². The summed E-state index contributed by atoms with van der Waals surface area (Å²) >= 11 is 6.00. The van der Waals surface area contributed by atoms with Crippen molar-refractivity contribution in [2.45, 2.75) is 0 Å². The first-order valence-electron chi connectivity index (χ1n) is 5.93. The van der Waals surface area contributed by atoms with Crippen LogP contribution in [0.2, 0.25) is 5.02 Å². The average Bonchev–Trinajstić information content (AvgIpc) is 2.47. The van der Waals surface area contributed by atoms with Crippen molar-refractivity contribution >= 4 is 23.2 Å². The van der Waals surface area contributed by atoms with Gasteiger partial charge in [-0.25, -0.2) is 0 Å². The molecule has 0 radical (unpaired) electrons. The minimum Gasteiger partial charge on any atom is -0.497 e. The van der Waals surface area contributed by atoms with Gasteiger partial charge < -0.3 is 14.8 Å². The highest BCUT2D eigenvalue weighted by Gasteiger charge is 2.13. The quantitative estimate of drug-likeness (QED) is 0.936. The molecule has 0 unspecified atom stereocenters. The normalized spacial score (nSPS) is 9.95. The average molecular weight is 292 g/mol. The molecule has 0 bridgehead atoms. The van der Waals surface area contributed by atoms with Crippen LogP contribution in [-0.2, 0) is 0 Å². The molecule has 0 atom stereocenters. The lowest BCUT2D eigenvalue weighted by Crippen LogP contribution is -2.13. The molecule has 1 N–H and O–H groups in total.